The maximum absolute atomic E-state index is 12.9. The Morgan fingerprint density at radius 2 is 1.91 bits per heavy atom. The first-order valence-electron chi connectivity index (χ1n) is 10.7. The molecule has 1 saturated heterocycles. The molecule has 0 saturated carbocycles. The van der Waals surface area contributed by atoms with Crippen molar-refractivity contribution in [2.75, 3.05) is 33.3 Å². The molecule has 0 bridgehead atoms. The lowest BCUT2D eigenvalue weighted by Crippen LogP contribution is -2.59. The predicted octanol–water partition coefficient (Wildman–Crippen LogP) is 3.86. The van der Waals surface area contributed by atoms with E-state index in [-0.39, 0.29) is 54.0 Å². The summed E-state index contributed by atoms with van der Waals surface area (Å²) in [7, 11) is 1.68. The van der Waals surface area contributed by atoms with Crippen LogP contribution in [0.4, 0.5) is 8.78 Å². The normalized spacial score (nSPS) is 20.0. The highest BCUT2D eigenvalue weighted by atomic mass is 127. The maximum Gasteiger partial charge on any atom is 0.387 e. The molecule has 0 aliphatic carbocycles. The Bertz CT molecular complexity index is 727. The Hall–Kier alpha value is -1.40. The molecule has 0 spiro atoms. The van der Waals surface area contributed by atoms with Crippen molar-refractivity contribution in [3.8, 4) is 11.5 Å². The first-order valence-corrected chi connectivity index (χ1v) is 10.7. The highest BCUT2D eigenvalue weighted by molar-refractivity contribution is 14.0. The van der Waals surface area contributed by atoms with Crippen molar-refractivity contribution >= 4 is 29.9 Å². The van der Waals surface area contributed by atoms with Gasteiger partial charge in [-0.25, -0.2) is 0 Å². The summed E-state index contributed by atoms with van der Waals surface area (Å²) in [5, 5.41) is 6.52. The van der Waals surface area contributed by atoms with Crippen LogP contribution in [0, 0.1) is 0 Å². The van der Waals surface area contributed by atoms with Crippen LogP contribution in [-0.4, -0.2) is 68.5 Å². The van der Waals surface area contributed by atoms with E-state index in [0.29, 0.717) is 30.4 Å². The summed E-state index contributed by atoms with van der Waals surface area (Å²) in [4.78, 5) is 6.67. The number of benzene rings is 1. The van der Waals surface area contributed by atoms with E-state index in [2.05, 4.69) is 48.2 Å². The van der Waals surface area contributed by atoms with Crippen LogP contribution in [0.5, 0.6) is 11.5 Å². The second-order valence-electron chi connectivity index (χ2n) is 8.31. The van der Waals surface area contributed by atoms with Crippen molar-refractivity contribution in [3.05, 3.63) is 23.8 Å². The molecule has 2 unspecified atom stereocenters. The summed E-state index contributed by atoms with van der Waals surface area (Å²) < 4.78 is 41.9. The van der Waals surface area contributed by atoms with Crippen molar-refractivity contribution in [1.29, 1.82) is 0 Å². The maximum atomic E-state index is 12.9. The lowest BCUT2D eigenvalue weighted by atomic mass is 10.00. The molecule has 2 atom stereocenters. The average Bonchev–Trinajstić information content (AvgIpc) is 2.69. The Kier molecular flexibility index (Phi) is 11.9. The Morgan fingerprint density at radius 3 is 2.47 bits per heavy atom. The van der Waals surface area contributed by atoms with Crippen LogP contribution in [0.25, 0.3) is 0 Å². The number of alkyl halides is 2. The van der Waals surface area contributed by atoms with Crippen LogP contribution in [0.3, 0.4) is 0 Å². The molecule has 184 valence electrons. The predicted molar refractivity (Wildman–Crippen MR) is 134 cm³/mol. The van der Waals surface area contributed by atoms with Crippen LogP contribution in [0.2, 0.25) is 0 Å². The molecule has 2 N–H and O–H groups in total. The quantitative estimate of drug-likeness (QED) is 0.267. The summed E-state index contributed by atoms with van der Waals surface area (Å²) in [5.41, 5.74) is 0.437. The molecule has 0 amide bonds. The monoisotopic (exact) mass is 570 g/mol. The van der Waals surface area contributed by atoms with Crippen molar-refractivity contribution in [2.45, 2.75) is 65.5 Å². The van der Waals surface area contributed by atoms with Gasteiger partial charge in [0.15, 0.2) is 17.5 Å². The average molecular weight is 570 g/mol. The zero-order chi connectivity index (χ0) is 23.0. The van der Waals surface area contributed by atoms with Crippen molar-refractivity contribution < 1.29 is 23.0 Å². The van der Waals surface area contributed by atoms with Gasteiger partial charge < -0.3 is 24.8 Å². The minimum Gasteiger partial charge on any atom is -0.490 e. The molecule has 32 heavy (non-hydrogen) atoms. The van der Waals surface area contributed by atoms with Crippen LogP contribution in [0.15, 0.2) is 23.2 Å². The Morgan fingerprint density at radius 1 is 1.25 bits per heavy atom. The highest BCUT2D eigenvalue weighted by Crippen LogP contribution is 2.32. The van der Waals surface area contributed by atoms with E-state index < -0.39 is 6.61 Å². The lowest BCUT2D eigenvalue weighted by Gasteiger charge is -2.45. The van der Waals surface area contributed by atoms with Gasteiger partial charge in [-0.05, 0) is 40.7 Å². The highest BCUT2D eigenvalue weighted by Gasteiger charge is 2.33. The Balaban J connectivity index is 0.00000512. The smallest absolute Gasteiger partial charge is 0.387 e. The van der Waals surface area contributed by atoms with Gasteiger partial charge in [-0.1, -0.05) is 12.1 Å². The summed E-state index contributed by atoms with van der Waals surface area (Å²) >= 11 is 0. The molecule has 7 nitrogen and oxygen atoms in total. The fourth-order valence-electron chi connectivity index (χ4n) is 3.68. The van der Waals surface area contributed by atoms with Gasteiger partial charge >= 0.3 is 6.61 Å². The number of rotatable bonds is 9. The number of hydrogen-bond acceptors (Lipinski definition) is 5. The molecule has 1 aromatic rings. The van der Waals surface area contributed by atoms with Gasteiger partial charge in [-0.3, -0.25) is 9.89 Å². The Labute approximate surface area is 207 Å². The molecular formula is C22H37F2IN4O3. The molecule has 1 aliphatic rings. The number of aliphatic imine (C=N–C) groups is 1. The minimum absolute atomic E-state index is 0. The van der Waals surface area contributed by atoms with Gasteiger partial charge in [0.25, 0.3) is 0 Å². The zero-order valence-electron chi connectivity index (χ0n) is 19.8. The first-order chi connectivity index (χ1) is 14.7. The summed E-state index contributed by atoms with van der Waals surface area (Å²) in [6.07, 6.45) is 0.373. The van der Waals surface area contributed by atoms with E-state index in [9.17, 15) is 8.78 Å². The van der Waals surface area contributed by atoms with Gasteiger partial charge in [0.05, 0.1) is 18.8 Å². The summed E-state index contributed by atoms with van der Waals surface area (Å²) in [5.74, 6) is 0.910. The van der Waals surface area contributed by atoms with E-state index in [1.165, 1.54) is 0 Å². The topological polar surface area (TPSA) is 67.4 Å². The number of para-hydroxylation sites is 1. The SMILES string of the molecule is CCOc1cccc(CNC(=NC)NCC(C)(C)N2CC(C)OC(C)C2)c1OC(F)F.I. The van der Waals surface area contributed by atoms with E-state index in [1.807, 2.05) is 0 Å². The van der Waals surface area contributed by atoms with Gasteiger partial charge in [-0.15, -0.1) is 24.0 Å². The van der Waals surface area contributed by atoms with E-state index in [4.69, 9.17) is 14.2 Å². The summed E-state index contributed by atoms with van der Waals surface area (Å²) in [6.45, 7) is 10.4. The molecule has 1 aliphatic heterocycles. The third kappa shape index (κ3) is 8.51. The second kappa shape index (κ2) is 13.3. The van der Waals surface area contributed by atoms with E-state index in [1.54, 1.807) is 32.2 Å². The number of nitrogens with one attached hydrogen (secondary N) is 2. The van der Waals surface area contributed by atoms with Crippen LogP contribution < -0.4 is 20.1 Å². The standard InChI is InChI=1S/C22H36F2N4O3.HI/c1-7-29-18-10-8-9-17(19(18)31-20(23)24)11-26-21(25-6)27-14-22(4,5)28-12-15(2)30-16(3)13-28;/h8-10,15-16,20H,7,11-14H2,1-6H3,(H2,25,26,27);1H. The molecule has 0 radical (unpaired) electrons. The van der Waals surface area contributed by atoms with Gasteiger partial charge in [0, 0.05) is 44.3 Å². The van der Waals surface area contributed by atoms with Crippen LogP contribution in [0.1, 0.15) is 40.2 Å². The molecule has 10 heteroatoms. The molecule has 1 aromatic carbocycles. The largest absolute Gasteiger partial charge is 0.490 e. The number of nitrogens with zero attached hydrogens (tertiary/aromatic N) is 2. The van der Waals surface area contributed by atoms with Gasteiger partial charge in [-0.2, -0.15) is 8.78 Å². The number of guanidine groups is 1. The first kappa shape index (κ1) is 28.6. The second-order valence-corrected chi connectivity index (χ2v) is 8.31. The molecule has 2 rings (SSSR count). The molecule has 1 fully saturated rings. The zero-order valence-corrected chi connectivity index (χ0v) is 22.1. The van der Waals surface area contributed by atoms with Crippen molar-refractivity contribution in [3.63, 3.8) is 0 Å². The lowest BCUT2D eigenvalue weighted by molar-refractivity contribution is -0.0946. The van der Waals surface area contributed by atoms with E-state index in [0.717, 1.165) is 13.1 Å². The summed E-state index contributed by atoms with van der Waals surface area (Å²) in [6, 6.07) is 5.09. The number of ether oxygens (including phenoxy) is 3. The van der Waals surface area contributed by atoms with Crippen molar-refractivity contribution in [1.82, 2.24) is 15.5 Å². The van der Waals surface area contributed by atoms with Crippen LogP contribution in [-0.2, 0) is 11.3 Å². The third-order valence-electron chi connectivity index (χ3n) is 5.20. The van der Waals surface area contributed by atoms with E-state index >= 15 is 0 Å². The van der Waals surface area contributed by atoms with Gasteiger partial charge in [0.1, 0.15) is 0 Å². The fraction of sp³-hybridized carbons (Fsp3) is 0.682. The fourth-order valence-corrected chi connectivity index (χ4v) is 3.68. The number of halogens is 3. The number of hydrogen-bond donors (Lipinski definition) is 2. The van der Waals surface area contributed by atoms with Gasteiger partial charge in [0.2, 0.25) is 0 Å². The molecule has 1 heterocycles. The third-order valence-corrected chi connectivity index (χ3v) is 5.20. The number of morpholine rings is 1. The molecule has 0 aromatic heterocycles. The van der Waals surface area contributed by atoms with Crippen LogP contribution >= 0.6 is 24.0 Å². The van der Waals surface area contributed by atoms with Crippen molar-refractivity contribution in [2.24, 2.45) is 4.99 Å². The molecular weight excluding hydrogens is 533 g/mol. The minimum atomic E-state index is -2.93.